The minimum absolute atomic E-state index is 0.127. The van der Waals surface area contributed by atoms with Gasteiger partial charge in [-0.3, -0.25) is 14.5 Å². The lowest BCUT2D eigenvalue weighted by molar-refractivity contribution is -0.139. The van der Waals surface area contributed by atoms with Crippen molar-refractivity contribution in [3.63, 3.8) is 0 Å². The molecule has 0 saturated carbocycles. The van der Waals surface area contributed by atoms with Crippen molar-refractivity contribution >= 4 is 23.6 Å². The summed E-state index contributed by atoms with van der Waals surface area (Å²) >= 11 is 0. The Kier molecular flexibility index (Phi) is 5.49. The molecular formula is C18H17NO3. The summed E-state index contributed by atoms with van der Waals surface area (Å²) < 4.78 is 4.66. The van der Waals surface area contributed by atoms with E-state index in [9.17, 15) is 9.59 Å². The van der Waals surface area contributed by atoms with E-state index >= 15 is 0 Å². The topological polar surface area (TPSA) is 46.6 Å². The minimum Gasteiger partial charge on any atom is -0.468 e. The van der Waals surface area contributed by atoms with Gasteiger partial charge >= 0.3 is 5.97 Å². The number of esters is 1. The summed E-state index contributed by atoms with van der Waals surface area (Å²) in [6.07, 6.45) is 3.17. The number of methoxy groups -OCH3 is 1. The molecule has 4 heteroatoms. The first kappa shape index (κ1) is 15.5. The summed E-state index contributed by atoms with van der Waals surface area (Å²) in [5, 5.41) is 0. The molecule has 1 amide bonds. The standard InChI is InChI=1S/C18H17NO3/c1-22-18(21)14-19(16-10-6-3-7-11-16)17(20)13-12-15-8-4-2-5-9-15/h2-13H,14H2,1H3/b13-12+. The number of carbonyl (C=O) groups excluding carboxylic acids is 2. The number of amides is 1. The smallest absolute Gasteiger partial charge is 0.325 e. The highest BCUT2D eigenvalue weighted by Gasteiger charge is 2.17. The van der Waals surface area contributed by atoms with Gasteiger partial charge in [-0.05, 0) is 23.8 Å². The summed E-state index contributed by atoms with van der Waals surface area (Å²) in [5.41, 5.74) is 1.57. The lowest BCUT2D eigenvalue weighted by Gasteiger charge is -2.19. The van der Waals surface area contributed by atoms with Gasteiger partial charge in [0, 0.05) is 11.8 Å². The number of benzene rings is 2. The summed E-state index contributed by atoms with van der Waals surface area (Å²) in [5.74, 6) is -0.745. The average Bonchev–Trinajstić information content (AvgIpc) is 2.59. The van der Waals surface area contributed by atoms with E-state index in [1.165, 1.54) is 18.1 Å². The van der Waals surface area contributed by atoms with Crippen LogP contribution in [0.15, 0.2) is 66.7 Å². The van der Waals surface area contributed by atoms with Gasteiger partial charge in [-0.25, -0.2) is 0 Å². The van der Waals surface area contributed by atoms with E-state index in [0.29, 0.717) is 5.69 Å². The van der Waals surface area contributed by atoms with E-state index in [4.69, 9.17) is 0 Å². The average molecular weight is 295 g/mol. The molecule has 0 fully saturated rings. The van der Waals surface area contributed by atoms with Crippen molar-refractivity contribution in [1.82, 2.24) is 0 Å². The monoisotopic (exact) mass is 295 g/mol. The predicted octanol–water partition coefficient (Wildman–Crippen LogP) is 2.91. The molecule has 0 bridgehead atoms. The van der Waals surface area contributed by atoms with Gasteiger partial charge < -0.3 is 4.74 Å². The Balaban J connectivity index is 2.19. The number of nitrogens with zero attached hydrogens (tertiary/aromatic N) is 1. The highest BCUT2D eigenvalue weighted by molar-refractivity contribution is 6.06. The Morgan fingerprint density at radius 3 is 2.18 bits per heavy atom. The van der Waals surface area contributed by atoms with Crippen molar-refractivity contribution in [3.8, 4) is 0 Å². The number of para-hydroxylation sites is 1. The first-order valence-corrected chi connectivity index (χ1v) is 6.87. The molecule has 0 aliphatic rings. The third-order valence-corrected chi connectivity index (χ3v) is 3.07. The van der Waals surface area contributed by atoms with Crippen LogP contribution in [-0.2, 0) is 14.3 Å². The molecule has 4 nitrogen and oxygen atoms in total. The Morgan fingerprint density at radius 1 is 1.00 bits per heavy atom. The Labute approximate surface area is 129 Å². The van der Waals surface area contributed by atoms with Crippen molar-refractivity contribution < 1.29 is 14.3 Å². The fourth-order valence-electron chi connectivity index (χ4n) is 1.92. The molecule has 0 heterocycles. The van der Waals surface area contributed by atoms with Crippen LogP contribution in [0.3, 0.4) is 0 Å². The second-order valence-electron chi connectivity index (χ2n) is 4.58. The third kappa shape index (κ3) is 4.31. The van der Waals surface area contributed by atoms with E-state index in [-0.39, 0.29) is 12.5 Å². The SMILES string of the molecule is COC(=O)CN(C(=O)/C=C/c1ccccc1)c1ccccc1. The van der Waals surface area contributed by atoms with Crippen LogP contribution < -0.4 is 4.90 Å². The molecule has 0 aliphatic carbocycles. The zero-order chi connectivity index (χ0) is 15.8. The van der Waals surface area contributed by atoms with E-state index in [1.807, 2.05) is 48.5 Å². The molecule has 0 unspecified atom stereocenters. The molecule has 2 aromatic carbocycles. The van der Waals surface area contributed by atoms with Gasteiger partial charge in [0.2, 0.25) is 0 Å². The van der Waals surface area contributed by atoms with E-state index in [0.717, 1.165) is 5.56 Å². The molecule has 2 rings (SSSR count). The van der Waals surface area contributed by atoms with Crippen LogP contribution >= 0.6 is 0 Å². The van der Waals surface area contributed by atoms with Crippen LogP contribution in [0, 0.1) is 0 Å². The molecular weight excluding hydrogens is 278 g/mol. The van der Waals surface area contributed by atoms with Gasteiger partial charge in [0.1, 0.15) is 6.54 Å². The van der Waals surface area contributed by atoms with Gasteiger partial charge in [-0.15, -0.1) is 0 Å². The van der Waals surface area contributed by atoms with Gasteiger partial charge in [-0.2, -0.15) is 0 Å². The van der Waals surface area contributed by atoms with Gasteiger partial charge in [0.15, 0.2) is 0 Å². The fraction of sp³-hybridized carbons (Fsp3) is 0.111. The van der Waals surface area contributed by atoms with Crippen molar-refractivity contribution in [3.05, 3.63) is 72.3 Å². The number of hydrogen-bond acceptors (Lipinski definition) is 3. The molecule has 0 N–H and O–H groups in total. The van der Waals surface area contributed by atoms with Crippen LogP contribution in [0.4, 0.5) is 5.69 Å². The van der Waals surface area contributed by atoms with Crippen molar-refractivity contribution in [2.24, 2.45) is 0 Å². The van der Waals surface area contributed by atoms with Crippen molar-refractivity contribution in [2.75, 3.05) is 18.6 Å². The molecule has 2 aromatic rings. The number of carbonyl (C=O) groups is 2. The van der Waals surface area contributed by atoms with E-state index < -0.39 is 5.97 Å². The largest absolute Gasteiger partial charge is 0.468 e. The van der Waals surface area contributed by atoms with Crippen molar-refractivity contribution in [1.29, 1.82) is 0 Å². The summed E-state index contributed by atoms with van der Waals surface area (Å²) in [7, 11) is 1.30. The maximum Gasteiger partial charge on any atom is 0.325 e. The number of ether oxygens (including phenoxy) is 1. The first-order chi connectivity index (χ1) is 10.7. The van der Waals surface area contributed by atoms with E-state index in [1.54, 1.807) is 18.2 Å². The molecule has 0 aliphatic heterocycles. The second kappa shape index (κ2) is 7.78. The quantitative estimate of drug-likeness (QED) is 0.629. The molecule has 0 radical (unpaired) electrons. The highest BCUT2D eigenvalue weighted by Crippen LogP contribution is 2.14. The van der Waals surface area contributed by atoms with Crippen LogP contribution in [0.2, 0.25) is 0 Å². The van der Waals surface area contributed by atoms with Crippen LogP contribution in [0.5, 0.6) is 0 Å². The molecule has 0 saturated heterocycles. The van der Waals surface area contributed by atoms with Gasteiger partial charge in [0.25, 0.3) is 5.91 Å². The summed E-state index contributed by atoms with van der Waals surface area (Å²) in [4.78, 5) is 25.3. The Morgan fingerprint density at radius 2 is 1.59 bits per heavy atom. The third-order valence-electron chi connectivity index (χ3n) is 3.07. The van der Waals surface area contributed by atoms with Crippen LogP contribution in [-0.4, -0.2) is 25.5 Å². The molecule has 112 valence electrons. The predicted molar refractivity (Wildman–Crippen MR) is 86.3 cm³/mol. The van der Waals surface area contributed by atoms with Gasteiger partial charge in [-0.1, -0.05) is 48.5 Å². The maximum atomic E-state index is 12.4. The molecule has 0 atom stereocenters. The van der Waals surface area contributed by atoms with Crippen molar-refractivity contribution in [2.45, 2.75) is 0 Å². The maximum absolute atomic E-state index is 12.4. The lowest BCUT2D eigenvalue weighted by atomic mass is 10.2. The number of rotatable bonds is 5. The zero-order valence-electron chi connectivity index (χ0n) is 12.3. The van der Waals surface area contributed by atoms with Gasteiger partial charge in [0.05, 0.1) is 7.11 Å². The minimum atomic E-state index is -0.467. The Bertz CT molecular complexity index is 651. The normalized spacial score (nSPS) is 10.4. The molecule has 0 aromatic heterocycles. The fourth-order valence-corrected chi connectivity index (χ4v) is 1.92. The lowest BCUT2D eigenvalue weighted by Crippen LogP contribution is -2.35. The second-order valence-corrected chi connectivity index (χ2v) is 4.58. The number of hydrogen-bond donors (Lipinski definition) is 0. The van der Waals surface area contributed by atoms with Crippen LogP contribution in [0.1, 0.15) is 5.56 Å². The van der Waals surface area contributed by atoms with E-state index in [2.05, 4.69) is 4.74 Å². The highest BCUT2D eigenvalue weighted by atomic mass is 16.5. The summed E-state index contributed by atoms with van der Waals surface area (Å²) in [6.45, 7) is -0.127. The molecule has 22 heavy (non-hydrogen) atoms. The summed E-state index contributed by atoms with van der Waals surface area (Å²) in [6, 6.07) is 18.5. The Hall–Kier alpha value is -2.88. The number of anilines is 1. The van der Waals surface area contributed by atoms with Crippen LogP contribution in [0.25, 0.3) is 6.08 Å². The zero-order valence-corrected chi connectivity index (χ0v) is 12.3. The molecule has 0 spiro atoms. The first-order valence-electron chi connectivity index (χ1n) is 6.87.